The van der Waals surface area contributed by atoms with E-state index in [1.807, 2.05) is 24.3 Å². The zero-order valence-electron chi connectivity index (χ0n) is 18.9. The van der Waals surface area contributed by atoms with Crippen LogP contribution in [0.4, 0.5) is 26.5 Å². The third kappa shape index (κ3) is 6.52. The Morgan fingerprint density at radius 3 is 2.64 bits per heavy atom. The van der Waals surface area contributed by atoms with Gasteiger partial charge in [-0.25, -0.2) is 14.2 Å². The molecule has 0 fully saturated rings. The van der Waals surface area contributed by atoms with Crippen LogP contribution in [0.25, 0.3) is 10.9 Å². The molecule has 3 rings (SSSR count). The van der Waals surface area contributed by atoms with Crippen LogP contribution in [0, 0.1) is 5.82 Å². The molecule has 9 nitrogen and oxygen atoms in total. The fourth-order valence-corrected chi connectivity index (χ4v) is 3.00. The normalized spacial score (nSPS) is 12.2. The first-order valence-corrected chi connectivity index (χ1v) is 10.4. The summed E-state index contributed by atoms with van der Waals surface area (Å²) in [6.45, 7) is 7.18. The van der Waals surface area contributed by atoms with E-state index in [1.54, 1.807) is 40.0 Å². The molecule has 2 heterocycles. The third-order valence-corrected chi connectivity index (χ3v) is 4.44. The summed E-state index contributed by atoms with van der Waals surface area (Å²) in [5.74, 6) is -1.57. The van der Waals surface area contributed by atoms with Crippen molar-refractivity contribution in [2.75, 3.05) is 17.2 Å². The second-order valence-electron chi connectivity index (χ2n) is 8.54. The molecule has 1 aromatic carbocycles. The Hall–Kier alpha value is -3.95. The molecule has 174 valence electrons. The van der Waals surface area contributed by atoms with E-state index in [1.165, 1.54) is 0 Å². The number of nitrogens with zero attached hydrogens (tertiary/aromatic N) is 2. The number of amides is 2. The molecular formula is C23H27FN6O3. The molecule has 0 radical (unpaired) electrons. The monoisotopic (exact) mass is 454 g/mol. The fraction of sp³-hybridized carbons (Fsp3) is 0.304. The van der Waals surface area contributed by atoms with E-state index in [0.717, 1.165) is 17.0 Å². The summed E-state index contributed by atoms with van der Waals surface area (Å²) in [4.78, 5) is 32.2. The highest BCUT2D eigenvalue weighted by atomic mass is 19.1. The minimum absolute atomic E-state index is 0.0936. The van der Waals surface area contributed by atoms with Gasteiger partial charge < -0.3 is 26.4 Å². The van der Waals surface area contributed by atoms with Gasteiger partial charge in [0.05, 0.1) is 11.1 Å². The summed E-state index contributed by atoms with van der Waals surface area (Å²) in [5.41, 5.74) is 6.14. The number of rotatable bonds is 7. The Balaban J connectivity index is 1.78. The van der Waals surface area contributed by atoms with Crippen LogP contribution in [0.2, 0.25) is 0 Å². The van der Waals surface area contributed by atoms with E-state index < -0.39 is 29.5 Å². The van der Waals surface area contributed by atoms with Gasteiger partial charge in [-0.1, -0.05) is 6.07 Å². The van der Waals surface area contributed by atoms with E-state index in [0.29, 0.717) is 5.69 Å². The molecule has 0 saturated carbocycles. The molecule has 0 aliphatic carbocycles. The van der Waals surface area contributed by atoms with Crippen molar-refractivity contribution in [2.24, 2.45) is 5.73 Å². The number of benzene rings is 1. The topological polar surface area (TPSA) is 131 Å². The van der Waals surface area contributed by atoms with Crippen LogP contribution >= 0.6 is 0 Å². The van der Waals surface area contributed by atoms with E-state index in [4.69, 9.17) is 10.5 Å². The lowest BCUT2D eigenvalue weighted by Gasteiger charge is -2.21. The van der Waals surface area contributed by atoms with E-state index in [9.17, 15) is 14.0 Å². The molecule has 10 heteroatoms. The second-order valence-corrected chi connectivity index (χ2v) is 8.54. The van der Waals surface area contributed by atoms with Crippen molar-refractivity contribution in [3.05, 3.63) is 54.0 Å². The van der Waals surface area contributed by atoms with E-state index in [-0.39, 0.29) is 23.7 Å². The Morgan fingerprint density at radius 2 is 1.94 bits per heavy atom. The molecule has 5 N–H and O–H groups in total. The quantitative estimate of drug-likeness (QED) is 0.425. The van der Waals surface area contributed by atoms with Gasteiger partial charge in [0.15, 0.2) is 11.6 Å². The molecule has 1 atom stereocenters. The summed E-state index contributed by atoms with van der Waals surface area (Å²) < 4.78 is 19.8. The average Bonchev–Trinajstić information content (AvgIpc) is 2.73. The highest BCUT2D eigenvalue weighted by Gasteiger charge is 2.19. The summed E-state index contributed by atoms with van der Waals surface area (Å²) in [5, 5.41) is 9.41. The minimum Gasteiger partial charge on any atom is -0.444 e. The van der Waals surface area contributed by atoms with Crippen LogP contribution in [0.1, 0.15) is 38.1 Å². The first-order valence-electron chi connectivity index (χ1n) is 10.4. The van der Waals surface area contributed by atoms with Crippen molar-refractivity contribution in [1.82, 2.24) is 15.3 Å². The molecule has 0 bridgehead atoms. The molecule has 0 unspecified atom stereocenters. The second kappa shape index (κ2) is 9.68. The number of nitrogens with one attached hydrogen (secondary N) is 3. The number of halogens is 1. The van der Waals surface area contributed by atoms with E-state index in [2.05, 4.69) is 25.9 Å². The highest BCUT2D eigenvalue weighted by Crippen LogP contribution is 2.26. The molecule has 0 saturated heterocycles. The number of anilines is 3. The molecule has 0 spiro atoms. The number of nitrogens with two attached hydrogens (primary N) is 1. The minimum atomic E-state index is -0.822. The Labute approximate surface area is 190 Å². The van der Waals surface area contributed by atoms with Gasteiger partial charge in [-0.2, -0.15) is 0 Å². The SMILES string of the molecule is C[C@H](CNC(=O)OC(C)(C)C)Nc1nc(Nc2ccc3ncccc3c2)c(C(N)=O)cc1F. The Kier molecular flexibility index (Phi) is 6.95. The average molecular weight is 455 g/mol. The van der Waals surface area contributed by atoms with Crippen molar-refractivity contribution in [3.63, 3.8) is 0 Å². The number of pyridine rings is 2. The van der Waals surface area contributed by atoms with Crippen molar-refractivity contribution < 1.29 is 18.7 Å². The van der Waals surface area contributed by atoms with E-state index >= 15 is 0 Å². The van der Waals surface area contributed by atoms with Crippen LogP contribution in [0.15, 0.2) is 42.6 Å². The van der Waals surface area contributed by atoms with Crippen LogP contribution in [0.5, 0.6) is 0 Å². The molecule has 2 aromatic heterocycles. The zero-order chi connectivity index (χ0) is 24.2. The van der Waals surface area contributed by atoms with Gasteiger partial charge in [0, 0.05) is 29.9 Å². The van der Waals surface area contributed by atoms with Crippen LogP contribution < -0.4 is 21.7 Å². The van der Waals surface area contributed by atoms with Crippen molar-refractivity contribution in [1.29, 1.82) is 0 Å². The van der Waals surface area contributed by atoms with Gasteiger partial charge >= 0.3 is 6.09 Å². The number of aromatic nitrogens is 2. The number of ether oxygens (including phenoxy) is 1. The molecule has 3 aromatic rings. The number of hydrogen-bond donors (Lipinski definition) is 4. The number of carbonyl (C=O) groups excluding carboxylic acids is 2. The fourth-order valence-electron chi connectivity index (χ4n) is 3.00. The smallest absolute Gasteiger partial charge is 0.407 e. The van der Waals surface area contributed by atoms with Gasteiger partial charge in [0.1, 0.15) is 11.4 Å². The van der Waals surface area contributed by atoms with Crippen molar-refractivity contribution >= 4 is 40.2 Å². The van der Waals surface area contributed by atoms with Crippen molar-refractivity contribution in [3.8, 4) is 0 Å². The number of alkyl carbamates (subject to hydrolysis) is 1. The molecular weight excluding hydrogens is 427 g/mol. The molecule has 2 amide bonds. The van der Waals surface area contributed by atoms with Gasteiger partial charge in [-0.15, -0.1) is 0 Å². The highest BCUT2D eigenvalue weighted by molar-refractivity contribution is 5.99. The maximum atomic E-state index is 14.6. The standard InChI is InChI=1S/C23H27FN6O3/c1-13(12-27-22(32)33-23(2,3)4)28-21-17(24)11-16(19(25)31)20(30-21)29-15-7-8-18-14(10-15)6-5-9-26-18/h5-11,13H,12H2,1-4H3,(H2,25,31)(H,27,32)(H2,28,29,30)/t13-/m1/s1. The third-order valence-electron chi connectivity index (χ3n) is 4.44. The van der Waals surface area contributed by atoms with Crippen LogP contribution in [0.3, 0.4) is 0 Å². The number of primary amides is 1. The summed E-state index contributed by atoms with van der Waals surface area (Å²) in [6.07, 6.45) is 1.11. The first-order chi connectivity index (χ1) is 15.5. The number of carbonyl (C=O) groups is 2. The first kappa shape index (κ1) is 23.7. The lowest BCUT2D eigenvalue weighted by molar-refractivity contribution is 0.0526. The Bertz CT molecular complexity index is 1180. The Morgan fingerprint density at radius 1 is 1.18 bits per heavy atom. The van der Waals surface area contributed by atoms with Gasteiger partial charge in [-0.3, -0.25) is 9.78 Å². The predicted molar refractivity (Wildman–Crippen MR) is 125 cm³/mol. The summed E-state index contributed by atoms with van der Waals surface area (Å²) in [7, 11) is 0. The maximum Gasteiger partial charge on any atom is 0.407 e. The van der Waals surface area contributed by atoms with Crippen LogP contribution in [-0.4, -0.2) is 40.2 Å². The lowest BCUT2D eigenvalue weighted by atomic mass is 10.2. The summed E-state index contributed by atoms with van der Waals surface area (Å²) >= 11 is 0. The number of fused-ring (bicyclic) bond motifs is 1. The number of hydrogen-bond acceptors (Lipinski definition) is 7. The zero-order valence-corrected chi connectivity index (χ0v) is 18.9. The maximum absolute atomic E-state index is 14.6. The lowest BCUT2D eigenvalue weighted by Crippen LogP contribution is -2.38. The van der Waals surface area contributed by atoms with Crippen molar-refractivity contribution in [2.45, 2.75) is 39.3 Å². The molecule has 33 heavy (non-hydrogen) atoms. The summed E-state index contributed by atoms with van der Waals surface area (Å²) in [6, 6.07) is 9.76. The van der Waals surface area contributed by atoms with Gasteiger partial charge in [0.25, 0.3) is 5.91 Å². The molecule has 0 aliphatic rings. The largest absolute Gasteiger partial charge is 0.444 e. The predicted octanol–water partition coefficient (Wildman–Crippen LogP) is 3.94. The van der Waals surface area contributed by atoms with Gasteiger partial charge in [0.2, 0.25) is 0 Å². The molecule has 0 aliphatic heterocycles. The van der Waals surface area contributed by atoms with Crippen LogP contribution in [-0.2, 0) is 4.74 Å². The van der Waals surface area contributed by atoms with Gasteiger partial charge in [-0.05, 0) is 58.0 Å².